The molecule has 24 heavy (non-hydrogen) atoms. The number of piperidine rings is 1. The van der Waals surface area contributed by atoms with Gasteiger partial charge in [0.25, 0.3) is 0 Å². The Morgan fingerprint density at radius 3 is 1.83 bits per heavy atom. The maximum absolute atomic E-state index is 4.99. The van der Waals surface area contributed by atoms with Gasteiger partial charge in [-0.05, 0) is 65.2 Å². The largest absolute Gasteiger partial charge is 0.381 e. The molecule has 4 heteroatoms. The molecule has 4 nitrogen and oxygen atoms in total. The highest BCUT2D eigenvalue weighted by Crippen LogP contribution is 2.39. The molecule has 0 atom stereocenters. The summed E-state index contributed by atoms with van der Waals surface area (Å²) in [6.45, 7) is 13.4. The van der Waals surface area contributed by atoms with Crippen LogP contribution in [-0.4, -0.2) is 87.8 Å². The maximum Gasteiger partial charge on any atom is 0.0571 e. The molecule has 142 valence electrons. The van der Waals surface area contributed by atoms with Crippen LogP contribution in [0, 0.1) is 11.3 Å². The molecule has 1 saturated carbocycles. The lowest BCUT2D eigenvalue weighted by Gasteiger charge is -2.60. The molecule has 0 bridgehead atoms. The first-order valence-electron chi connectivity index (χ1n) is 10.2. The number of hydrogen-bond donors (Lipinski definition) is 0. The van der Waals surface area contributed by atoms with E-state index in [9.17, 15) is 0 Å². The first-order valence-corrected chi connectivity index (χ1v) is 10.2. The zero-order chi connectivity index (χ0) is 17.6. The molecule has 4 fully saturated rings. The lowest BCUT2D eigenvalue weighted by Crippen LogP contribution is -2.71. The zero-order valence-electron chi connectivity index (χ0n) is 16.9. The molecule has 0 radical (unpaired) electrons. The normalized spacial score (nSPS) is 27.9. The molecule has 0 aromatic rings. The van der Waals surface area contributed by atoms with E-state index in [0.29, 0.717) is 6.10 Å². The van der Waals surface area contributed by atoms with Crippen molar-refractivity contribution in [3.05, 3.63) is 0 Å². The van der Waals surface area contributed by atoms with E-state index in [-0.39, 0.29) is 0 Å². The summed E-state index contributed by atoms with van der Waals surface area (Å²) in [5.74, 6) is 0.978. The Bertz CT molecular complexity index is 334. The number of methoxy groups -OCH3 is 1. The molecule has 4 rings (SSSR count). The lowest BCUT2D eigenvalue weighted by atomic mass is 9.72. The minimum Gasteiger partial charge on any atom is -0.381 e. The van der Waals surface area contributed by atoms with Crippen LogP contribution >= 0.6 is 0 Å². The van der Waals surface area contributed by atoms with Crippen LogP contribution in [0.4, 0.5) is 0 Å². The number of likely N-dealkylation sites (tertiary alicyclic amines) is 3. The van der Waals surface area contributed by atoms with Crippen LogP contribution in [0.2, 0.25) is 0 Å². The summed E-state index contributed by atoms with van der Waals surface area (Å²) in [6, 6.07) is 0. The average Bonchev–Trinajstić information content (AvgIpc) is 2.47. The van der Waals surface area contributed by atoms with Crippen LogP contribution in [0.3, 0.4) is 0 Å². The molecule has 3 saturated heterocycles. The number of rotatable bonds is 3. The van der Waals surface area contributed by atoms with Crippen molar-refractivity contribution in [1.29, 1.82) is 0 Å². The van der Waals surface area contributed by atoms with Gasteiger partial charge in [0.15, 0.2) is 0 Å². The molecule has 3 heterocycles. The van der Waals surface area contributed by atoms with Crippen LogP contribution in [0.15, 0.2) is 0 Å². The van der Waals surface area contributed by atoms with E-state index in [1.54, 1.807) is 7.11 Å². The molecule has 4 aliphatic rings. The Balaban J connectivity index is 0.000000219. The first kappa shape index (κ1) is 20.2. The third kappa shape index (κ3) is 5.42. The van der Waals surface area contributed by atoms with Crippen LogP contribution in [-0.2, 0) is 4.74 Å². The van der Waals surface area contributed by atoms with Crippen molar-refractivity contribution in [2.24, 2.45) is 11.3 Å². The van der Waals surface area contributed by atoms with E-state index < -0.39 is 0 Å². The fourth-order valence-corrected chi connectivity index (χ4v) is 4.55. The summed E-state index contributed by atoms with van der Waals surface area (Å²) in [6.07, 6.45) is 7.40. The van der Waals surface area contributed by atoms with Crippen molar-refractivity contribution < 1.29 is 4.74 Å². The molecule has 0 N–H and O–H groups in total. The standard InChI is InChI=1S/C13H25N3.C5H10O.C2H6/c1-14-5-3-12(4-6-14)7-16-10-13(11-16)8-15(2)9-13;1-6-5-3-2-4-5;1-2/h12H,3-11H2,1-2H3;5H,2-4H2,1H3;1-2H3. The Morgan fingerprint density at radius 2 is 1.46 bits per heavy atom. The van der Waals surface area contributed by atoms with Crippen molar-refractivity contribution in [2.75, 3.05) is 67.0 Å². The van der Waals surface area contributed by atoms with Gasteiger partial charge in [0.1, 0.15) is 0 Å². The monoisotopic (exact) mass is 339 g/mol. The highest BCUT2D eigenvalue weighted by atomic mass is 16.5. The predicted molar refractivity (Wildman–Crippen MR) is 103 cm³/mol. The van der Waals surface area contributed by atoms with Crippen molar-refractivity contribution in [3.63, 3.8) is 0 Å². The molecule has 1 aliphatic carbocycles. The van der Waals surface area contributed by atoms with Gasteiger partial charge in [0.2, 0.25) is 0 Å². The molecule has 1 spiro atoms. The van der Waals surface area contributed by atoms with E-state index in [4.69, 9.17) is 4.74 Å². The quantitative estimate of drug-likeness (QED) is 0.787. The van der Waals surface area contributed by atoms with Gasteiger partial charge in [-0.25, -0.2) is 0 Å². The van der Waals surface area contributed by atoms with Gasteiger partial charge < -0.3 is 19.4 Å². The first-order chi connectivity index (χ1) is 11.6. The molecule has 0 aromatic carbocycles. The molecule has 0 amide bonds. The number of hydrogen-bond acceptors (Lipinski definition) is 4. The average molecular weight is 340 g/mol. The fourth-order valence-electron chi connectivity index (χ4n) is 4.55. The van der Waals surface area contributed by atoms with Crippen LogP contribution < -0.4 is 0 Å². The summed E-state index contributed by atoms with van der Waals surface area (Å²) >= 11 is 0. The maximum atomic E-state index is 4.99. The van der Waals surface area contributed by atoms with Crippen molar-refractivity contribution in [2.45, 2.75) is 52.1 Å². The van der Waals surface area contributed by atoms with E-state index in [0.717, 1.165) is 11.3 Å². The Kier molecular flexibility index (Phi) is 7.99. The summed E-state index contributed by atoms with van der Waals surface area (Å²) in [5.41, 5.74) is 0.722. The second kappa shape index (κ2) is 9.51. The lowest BCUT2D eigenvalue weighted by molar-refractivity contribution is -0.110. The summed E-state index contributed by atoms with van der Waals surface area (Å²) in [5, 5.41) is 0. The van der Waals surface area contributed by atoms with Crippen molar-refractivity contribution in [1.82, 2.24) is 14.7 Å². The van der Waals surface area contributed by atoms with Crippen LogP contribution in [0.25, 0.3) is 0 Å². The predicted octanol–water partition coefficient (Wildman–Crippen LogP) is 2.79. The van der Waals surface area contributed by atoms with Crippen LogP contribution in [0.5, 0.6) is 0 Å². The molecule has 0 aromatic heterocycles. The summed E-state index contributed by atoms with van der Waals surface area (Å²) < 4.78 is 4.99. The Morgan fingerprint density at radius 1 is 0.875 bits per heavy atom. The van der Waals surface area contributed by atoms with Gasteiger partial charge in [-0.1, -0.05) is 13.8 Å². The van der Waals surface area contributed by atoms with Gasteiger partial charge in [-0.15, -0.1) is 0 Å². The fraction of sp³-hybridized carbons (Fsp3) is 1.00. The topological polar surface area (TPSA) is 19.0 Å². The molecule has 3 aliphatic heterocycles. The summed E-state index contributed by atoms with van der Waals surface area (Å²) in [4.78, 5) is 7.62. The van der Waals surface area contributed by atoms with E-state index in [1.807, 2.05) is 13.8 Å². The van der Waals surface area contributed by atoms with E-state index in [2.05, 4.69) is 28.8 Å². The van der Waals surface area contributed by atoms with Crippen molar-refractivity contribution >= 4 is 0 Å². The SMILES string of the molecule is CC.CN1CCC(CN2CC3(CN(C)C3)C2)CC1.COC1CCC1. The number of ether oxygens (including phenoxy) is 1. The zero-order valence-corrected chi connectivity index (χ0v) is 16.9. The van der Waals surface area contributed by atoms with Gasteiger partial charge in [-0.3, -0.25) is 0 Å². The van der Waals surface area contributed by atoms with Gasteiger partial charge in [-0.2, -0.15) is 0 Å². The molecular weight excluding hydrogens is 298 g/mol. The van der Waals surface area contributed by atoms with Crippen molar-refractivity contribution in [3.8, 4) is 0 Å². The van der Waals surface area contributed by atoms with Crippen LogP contribution in [0.1, 0.15) is 46.0 Å². The third-order valence-electron chi connectivity index (χ3n) is 6.07. The third-order valence-corrected chi connectivity index (χ3v) is 6.07. The van der Waals surface area contributed by atoms with Gasteiger partial charge in [0, 0.05) is 45.2 Å². The minimum absolute atomic E-state index is 0.616. The second-order valence-corrected chi connectivity index (χ2v) is 8.38. The highest BCUT2D eigenvalue weighted by molar-refractivity contribution is 5.04. The van der Waals surface area contributed by atoms with E-state index >= 15 is 0 Å². The van der Waals surface area contributed by atoms with Gasteiger partial charge in [0.05, 0.1) is 6.10 Å². The Hall–Kier alpha value is -0.160. The highest BCUT2D eigenvalue weighted by Gasteiger charge is 2.50. The minimum atomic E-state index is 0.616. The molecule has 0 unspecified atom stereocenters. The Labute approximate surface area is 150 Å². The summed E-state index contributed by atoms with van der Waals surface area (Å²) in [7, 11) is 6.27. The van der Waals surface area contributed by atoms with Gasteiger partial charge >= 0.3 is 0 Å². The second-order valence-electron chi connectivity index (χ2n) is 8.38. The molecular formula is C20H41N3O. The van der Waals surface area contributed by atoms with E-state index in [1.165, 1.54) is 77.9 Å². The smallest absolute Gasteiger partial charge is 0.0571 e. The number of nitrogens with zero attached hydrogens (tertiary/aromatic N) is 3.